The average molecular weight is 313 g/mol. The number of carbonyl (C=O) groups is 3. The zero-order chi connectivity index (χ0) is 17.0. The molecule has 0 bridgehead atoms. The Morgan fingerprint density at radius 3 is 2.09 bits per heavy atom. The molecule has 0 aromatic heterocycles. The van der Waals surface area contributed by atoms with E-state index >= 15 is 0 Å². The Labute approximate surface area is 132 Å². The van der Waals surface area contributed by atoms with E-state index in [0.29, 0.717) is 5.56 Å². The lowest BCUT2D eigenvalue weighted by atomic mass is 10.0. The Hall–Kier alpha value is -3.15. The fraction of sp³-hybridized carbons (Fsp3) is 0.118. The summed E-state index contributed by atoms with van der Waals surface area (Å²) in [5.74, 6) is -2.67. The molecule has 2 aromatic carbocycles. The molecule has 0 fully saturated rings. The van der Waals surface area contributed by atoms with Crippen molar-refractivity contribution in [2.45, 2.75) is 13.5 Å². The van der Waals surface area contributed by atoms with Crippen LogP contribution in [0.4, 0.5) is 0 Å². The second kappa shape index (κ2) is 6.74. The molecule has 3 N–H and O–H groups in total. The van der Waals surface area contributed by atoms with Gasteiger partial charge in [0, 0.05) is 6.54 Å². The van der Waals surface area contributed by atoms with Crippen molar-refractivity contribution in [3.63, 3.8) is 0 Å². The molecule has 118 valence electrons. The Balaban J connectivity index is 2.12. The third-order valence-corrected chi connectivity index (χ3v) is 3.38. The maximum atomic E-state index is 12.1. The highest BCUT2D eigenvalue weighted by Crippen LogP contribution is 2.12. The van der Waals surface area contributed by atoms with Crippen LogP contribution in [0.2, 0.25) is 0 Å². The van der Waals surface area contributed by atoms with Gasteiger partial charge >= 0.3 is 11.9 Å². The van der Waals surface area contributed by atoms with E-state index in [4.69, 9.17) is 10.2 Å². The minimum absolute atomic E-state index is 0.0672. The van der Waals surface area contributed by atoms with Gasteiger partial charge in [0.25, 0.3) is 5.91 Å². The van der Waals surface area contributed by atoms with E-state index in [-0.39, 0.29) is 23.2 Å². The first-order chi connectivity index (χ1) is 10.9. The van der Waals surface area contributed by atoms with Crippen molar-refractivity contribution < 1.29 is 24.6 Å². The van der Waals surface area contributed by atoms with Gasteiger partial charge in [-0.2, -0.15) is 0 Å². The summed E-state index contributed by atoms with van der Waals surface area (Å²) in [5, 5.41) is 20.7. The van der Waals surface area contributed by atoms with Gasteiger partial charge in [-0.05, 0) is 36.2 Å². The highest BCUT2D eigenvalue weighted by molar-refractivity contribution is 6.04. The normalized spacial score (nSPS) is 10.1. The molecule has 0 saturated carbocycles. The van der Waals surface area contributed by atoms with Gasteiger partial charge in [0.15, 0.2) is 0 Å². The number of aryl methyl sites for hydroxylation is 1. The van der Waals surface area contributed by atoms with E-state index in [0.717, 1.165) is 5.56 Å². The predicted octanol–water partition coefficient (Wildman–Crippen LogP) is 2.32. The van der Waals surface area contributed by atoms with Gasteiger partial charge in [-0.25, -0.2) is 9.59 Å². The van der Waals surface area contributed by atoms with Crippen LogP contribution in [-0.2, 0) is 6.54 Å². The highest BCUT2D eigenvalue weighted by Gasteiger charge is 2.15. The van der Waals surface area contributed by atoms with Gasteiger partial charge in [0.05, 0.1) is 16.7 Å². The molecule has 6 heteroatoms. The molecule has 0 heterocycles. The first-order valence-corrected chi connectivity index (χ1v) is 6.83. The molecule has 6 nitrogen and oxygen atoms in total. The molecule has 0 atom stereocenters. The Kier molecular flexibility index (Phi) is 4.75. The van der Waals surface area contributed by atoms with Gasteiger partial charge in [-0.15, -0.1) is 0 Å². The first kappa shape index (κ1) is 16.2. The van der Waals surface area contributed by atoms with Crippen molar-refractivity contribution in [3.05, 3.63) is 70.3 Å². The number of hydrogen-bond acceptors (Lipinski definition) is 3. The zero-order valence-corrected chi connectivity index (χ0v) is 12.4. The molecular weight excluding hydrogens is 298 g/mol. The van der Waals surface area contributed by atoms with Crippen molar-refractivity contribution in [3.8, 4) is 0 Å². The average Bonchev–Trinajstić information content (AvgIpc) is 2.52. The fourth-order valence-corrected chi connectivity index (χ4v) is 2.22. The molecule has 0 spiro atoms. The predicted molar refractivity (Wildman–Crippen MR) is 82.7 cm³/mol. The smallest absolute Gasteiger partial charge is 0.336 e. The van der Waals surface area contributed by atoms with E-state index in [9.17, 15) is 14.4 Å². The lowest BCUT2D eigenvalue weighted by Gasteiger charge is -2.09. The number of hydrogen-bond donors (Lipinski definition) is 3. The second-order valence-corrected chi connectivity index (χ2v) is 4.99. The van der Waals surface area contributed by atoms with Gasteiger partial charge in [-0.3, -0.25) is 4.79 Å². The summed E-state index contributed by atoms with van der Waals surface area (Å²) in [6.45, 7) is 1.85. The van der Waals surface area contributed by atoms with E-state index in [2.05, 4.69) is 5.32 Å². The standard InChI is InChI=1S/C17H15NO5/c1-10-8-11(6-7-12(10)16(20)21)9-18-15(19)13-4-2-3-5-14(13)17(22)23/h2-8H,9H2,1H3,(H,18,19)(H,20,21)(H,22,23). The van der Waals surface area contributed by atoms with Crippen molar-refractivity contribution in [2.75, 3.05) is 0 Å². The van der Waals surface area contributed by atoms with E-state index in [1.54, 1.807) is 31.2 Å². The number of carbonyl (C=O) groups excluding carboxylic acids is 1. The molecule has 0 aliphatic heterocycles. The van der Waals surface area contributed by atoms with Crippen molar-refractivity contribution in [1.29, 1.82) is 0 Å². The van der Waals surface area contributed by atoms with Crippen LogP contribution in [0.3, 0.4) is 0 Å². The van der Waals surface area contributed by atoms with Crippen LogP contribution < -0.4 is 5.32 Å². The summed E-state index contributed by atoms with van der Waals surface area (Å²) in [7, 11) is 0. The van der Waals surface area contributed by atoms with Crippen LogP contribution in [0.15, 0.2) is 42.5 Å². The largest absolute Gasteiger partial charge is 0.478 e. The number of carboxylic acid groups (broad SMARTS) is 2. The quantitative estimate of drug-likeness (QED) is 0.786. The SMILES string of the molecule is Cc1cc(CNC(=O)c2ccccc2C(=O)O)ccc1C(=O)O. The minimum atomic E-state index is -1.17. The van der Waals surface area contributed by atoms with Gasteiger partial charge in [0.2, 0.25) is 0 Å². The summed E-state index contributed by atoms with van der Waals surface area (Å²) in [4.78, 5) is 34.2. The van der Waals surface area contributed by atoms with Crippen LogP contribution in [0, 0.1) is 6.92 Å². The third kappa shape index (κ3) is 3.74. The monoisotopic (exact) mass is 313 g/mol. The number of amides is 1. The van der Waals surface area contributed by atoms with Crippen LogP contribution in [-0.4, -0.2) is 28.1 Å². The molecule has 1 amide bonds. The molecule has 0 unspecified atom stereocenters. The Bertz CT molecular complexity index is 782. The van der Waals surface area contributed by atoms with E-state index in [1.165, 1.54) is 18.2 Å². The lowest BCUT2D eigenvalue weighted by molar-refractivity contribution is 0.0683. The second-order valence-electron chi connectivity index (χ2n) is 4.99. The summed E-state index contributed by atoms with van der Waals surface area (Å²) in [6.07, 6.45) is 0. The highest BCUT2D eigenvalue weighted by atomic mass is 16.4. The Morgan fingerprint density at radius 1 is 0.913 bits per heavy atom. The minimum Gasteiger partial charge on any atom is -0.478 e. The molecule has 0 aliphatic carbocycles. The summed E-state index contributed by atoms with van der Waals surface area (Å²) >= 11 is 0. The molecule has 0 radical (unpaired) electrons. The third-order valence-electron chi connectivity index (χ3n) is 3.38. The number of aromatic carboxylic acids is 2. The van der Waals surface area contributed by atoms with Gasteiger partial charge in [0.1, 0.15) is 0 Å². The van der Waals surface area contributed by atoms with Gasteiger partial charge in [-0.1, -0.05) is 24.3 Å². The van der Waals surface area contributed by atoms with Crippen LogP contribution in [0.25, 0.3) is 0 Å². The fourth-order valence-electron chi connectivity index (χ4n) is 2.22. The summed E-state index contributed by atoms with van der Waals surface area (Å²) in [6, 6.07) is 10.7. The summed E-state index contributed by atoms with van der Waals surface area (Å²) in [5.41, 5.74) is 1.54. The van der Waals surface area contributed by atoms with Crippen molar-refractivity contribution in [1.82, 2.24) is 5.32 Å². The maximum absolute atomic E-state index is 12.1. The van der Waals surface area contributed by atoms with Crippen LogP contribution in [0.5, 0.6) is 0 Å². The van der Waals surface area contributed by atoms with Crippen LogP contribution >= 0.6 is 0 Å². The number of nitrogens with one attached hydrogen (secondary N) is 1. The van der Waals surface area contributed by atoms with Crippen molar-refractivity contribution >= 4 is 17.8 Å². The van der Waals surface area contributed by atoms with E-state index < -0.39 is 17.8 Å². The molecule has 0 saturated heterocycles. The number of benzene rings is 2. The molecule has 0 aliphatic rings. The first-order valence-electron chi connectivity index (χ1n) is 6.83. The topological polar surface area (TPSA) is 104 Å². The Morgan fingerprint density at radius 2 is 1.52 bits per heavy atom. The van der Waals surface area contributed by atoms with Crippen molar-refractivity contribution in [2.24, 2.45) is 0 Å². The van der Waals surface area contributed by atoms with Gasteiger partial charge < -0.3 is 15.5 Å². The zero-order valence-electron chi connectivity index (χ0n) is 12.4. The summed E-state index contributed by atoms with van der Waals surface area (Å²) < 4.78 is 0. The number of rotatable bonds is 5. The molecule has 23 heavy (non-hydrogen) atoms. The molecule has 2 aromatic rings. The van der Waals surface area contributed by atoms with E-state index in [1.807, 2.05) is 0 Å². The van der Waals surface area contributed by atoms with Crippen LogP contribution in [0.1, 0.15) is 42.2 Å². The number of carboxylic acids is 2. The lowest BCUT2D eigenvalue weighted by Crippen LogP contribution is -2.25. The maximum Gasteiger partial charge on any atom is 0.336 e. The molecular formula is C17H15NO5. The molecule has 2 rings (SSSR count).